The predicted molar refractivity (Wildman–Crippen MR) is 273 cm³/mol. The summed E-state index contributed by atoms with van der Waals surface area (Å²) in [6.45, 7) is 0. The highest BCUT2D eigenvalue weighted by Gasteiger charge is 2.22. The van der Waals surface area contributed by atoms with Crippen LogP contribution in [-0.2, 0) is 0 Å². The summed E-state index contributed by atoms with van der Waals surface area (Å²) in [5.41, 5.74) is 11.2. The van der Waals surface area contributed by atoms with Gasteiger partial charge >= 0.3 is 0 Å². The van der Waals surface area contributed by atoms with Crippen molar-refractivity contribution >= 4 is 43.1 Å². The average Bonchev–Trinajstić information content (AvgIpc) is 3.40. The van der Waals surface area contributed by atoms with E-state index in [-0.39, 0.29) is 0 Å². The Morgan fingerprint density at radius 1 is 0.273 bits per heavy atom. The summed E-state index contributed by atoms with van der Waals surface area (Å²) in [5, 5.41) is 20.3. The topological polar surface area (TPSA) is 62.5 Å². The van der Waals surface area contributed by atoms with Gasteiger partial charge in [-0.05, 0) is 106 Å². The molecule has 0 aliphatic rings. The van der Waals surface area contributed by atoms with Gasteiger partial charge in [0.05, 0.1) is 11.6 Å². The van der Waals surface area contributed by atoms with Gasteiger partial charge in [0.2, 0.25) is 0 Å². The van der Waals surface area contributed by atoms with Gasteiger partial charge in [-0.2, -0.15) is 5.26 Å². The molecule has 4 nitrogen and oxygen atoms in total. The summed E-state index contributed by atoms with van der Waals surface area (Å²) in [6.07, 6.45) is 0. The highest BCUT2D eigenvalue weighted by molar-refractivity contribution is 6.15. The van der Waals surface area contributed by atoms with Crippen molar-refractivity contribution in [3.8, 4) is 84.7 Å². The zero-order valence-electron chi connectivity index (χ0n) is 35.7. The van der Waals surface area contributed by atoms with Gasteiger partial charge in [-0.25, -0.2) is 15.0 Å². The van der Waals surface area contributed by atoms with Crippen molar-refractivity contribution in [1.82, 2.24) is 15.0 Å². The number of hydrogen-bond donors (Lipinski definition) is 0. The molecule has 66 heavy (non-hydrogen) atoms. The molecule has 1 heterocycles. The molecule has 0 saturated carbocycles. The standard InChI is InChI=1S/C62H38N4/c63-39-45-24-17-35-54(59(45)44-23-16-22-41(36-44)57-37-42-20-4-6-25-46(42)48-27-8-10-29-50(48)57)52-31-12-14-33-55(52)61-64-60(40-18-2-1-3-19-40)65-62(66-61)56-34-15-13-32-53(56)58-38-43-21-5-7-26-47(43)49-28-9-11-30-51(49)58/h1-38H. The predicted octanol–water partition coefficient (Wildman–Crippen LogP) is 16.0. The molecule has 0 atom stereocenters. The Hall–Kier alpha value is -9.04. The number of fused-ring (bicyclic) bond motifs is 6. The van der Waals surface area contributed by atoms with Gasteiger partial charge in [0.1, 0.15) is 0 Å². The maximum absolute atomic E-state index is 10.8. The van der Waals surface area contributed by atoms with Crippen LogP contribution in [0.4, 0.5) is 0 Å². The van der Waals surface area contributed by atoms with Crippen molar-refractivity contribution in [1.29, 1.82) is 5.26 Å². The lowest BCUT2D eigenvalue weighted by molar-refractivity contribution is 1.07. The zero-order chi connectivity index (χ0) is 44.0. The summed E-state index contributed by atoms with van der Waals surface area (Å²) in [5.74, 6) is 1.69. The van der Waals surface area contributed by atoms with Crippen molar-refractivity contribution in [2.75, 3.05) is 0 Å². The summed E-state index contributed by atoms with van der Waals surface area (Å²) in [6, 6.07) is 82.8. The first-order valence-corrected chi connectivity index (χ1v) is 22.2. The van der Waals surface area contributed by atoms with Crippen LogP contribution in [0.2, 0.25) is 0 Å². The van der Waals surface area contributed by atoms with Crippen LogP contribution in [-0.4, -0.2) is 15.0 Å². The van der Waals surface area contributed by atoms with Gasteiger partial charge in [0, 0.05) is 22.3 Å². The molecule has 12 rings (SSSR count). The Morgan fingerprint density at radius 3 is 1.32 bits per heavy atom. The third kappa shape index (κ3) is 6.66. The largest absolute Gasteiger partial charge is 0.208 e. The Morgan fingerprint density at radius 2 is 0.697 bits per heavy atom. The number of nitrogens with zero attached hydrogens (tertiary/aromatic N) is 4. The van der Waals surface area contributed by atoms with Gasteiger partial charge < -0.3 is 0 Å². The van der Waals surface area contributed by atoms with Crippen molar-refractivity contribution in [2.24, 2.45) is 0 Å². The van der Waals surface area contributed by atoms with Crippen LogP contribution in [0, 0.1) is 11.3 Å². The minimum atomic E-state index is 0.539. The van der Waals surface area contributed by atoms with Crippen LogP contribution in [0.3, 0.4) is 0 Å². The van der Waals surface area contributed by atoms with Crippen LogP contribution in [0.15, 0.2) is 231 Å². The average molecular weight is 839 g/mol. The van der Waals surface area contributed by atoms with E-state index in [0.29, 0.717) is 23.0 Å². The summed E-state index contributed by atoms with van der Waals surface area (Å²) >= 11 is 0. The molecule has 0 fully saturated rings. The Bertz CT molecular complexity index is 3900. The molecule has 0 unspecified atom stereocenters. The van der Waals surface area contributed by atoms with E-state index < -0.39 is 0 Å². The number of hydrogen-bond acceptors (Lipinski definition) is 4. The molecule has 11 aromatic carbocycles. The molecular formula is C62H38N4. The third-order valence-electron chi connectivity index (χ3n) is 12.8. The normalized spacial score (nSPS) is 11.3. The van der Waals surface area contributed by atoms with E-state index in [4.69, 9.17) is 15.0 Å². The maximum atomic E-state index is 10.8. The molecule has 0 spiro atoms. The van der Waals surface area contributed by atoms with Gasteiger partial charge in [0.15, 0.2) is 17.5 Å². The van der Waals surface area contributed by atoms with Gasteiger partial charge in [0.25, 0.3) is 0 Å². The second kappa shape index (κ2) is 16.3. The van der Waals surface area contributed by atoms with Crippen LogP contribution in [0.1, 0.15) is 5.56 Å². The first kappa shape index (κ1) is 38.6. The Kier molecular flexibility index (Phi) is 9.51. The first-order chi connectivity index (χ1) is 32.7. The Labute approximate surface area is 382 Å². The number of benzene rings is 11. The lowest BCUT2D eigenvalue weighted by atomic mass is 9.87. The fourth-order valence-electron chi connectivity index (χ4n) is 9.75. The number of rotatable bonds is 7. The van der Waals surface area contributed by atoms with Gasteiger partial charge in [-0.15, -0.1) is 0 Å². The molecule has 0 bridgehead atoms. The molecular weight excluding hydrogens is 801 g/mol. The molecule has 12 aromatic rings. The van der Waals surface area contributed by atoms with E-state index in [1.54, 1.807) is 0 Å². The molecule has 0 N–H and O–H groups in total. The lowest BCUT2D eigenvalue weighted by Crippen LogP contribution is -2.02. The second-order valence-corrected chi connectivity index (χ2v) is 16.6. The second-order valence-electron chi connectivity index (χ2n) is 16.6. The third-order valence-corrected chi connectivity index (χ3v) is 12.8. The molecule has 4 heteroatoms. The zero-order valence-corrected chi connectivity index (χ0v) is 35.7. The summed E-state index contributed by atoms with van der Waals surface area (Å²) < 4.78 is 0. The number of aromatic nitrogens is 3. The molecule has 0 aliphatic heterocycles. The fourth-order valence-corrected chi connectivity index (χ4v) is 9.75. The van der Waals surface area contributed by atoms with Crippen molar-refractivity contribution in [3.63, 3.8) is 0 Å². The highest BCUT2D eigenvalue weighted by atomic mass is 15.0. The quantitative estimate of drug-likeness (QED) is 0.150. The van der Waals surface area contributed by atoms with Crippen molar-refractivity contribution < 1.29 is 0 Å². The molecule has 0 aliphatic carbocycles. The summed E-state index contributed by atoms with van der Waals surface area (Å²) in [7, 11) is 0. The van der Waals surface area contributed by atoms with E-state index in [1.807, 2.05) is 54.6 Å². The maximum Gasteiger partial charge on any atom is 0.164 e. The first-order valence-electron chi connectivity index (χ1n) is 22.2. The minimum Gasteiger partial charge on any atom is -0.208 e. The van der Waals surface area contributed by atoms with E-state index in [0.717, 1.165) is 66.6 Å². The van der Waals surface area contributed by atoms with E-state index >= 15 is 0 Å². The molecule has 0 amide bonds. The van der Waals surface area contributed by atoms with Gasteiger partial charge in [-0.1, -0.05) is 206 Å². The molecule has 306 valence electrons. The molecule has 0 saturated heterocycles. The fraction of sp³-hybridized carbons (Fsp3) is 0. The highest BCUT2D eigenvalue weighted by Crippen LogP contribution is 2.44. The van der Waals surface area contributed by atoms with Gasteiger partial charge in [-0.3, -0.25) is 0 Å². The smallest absolute Gasteiger partial charge is 0.164 e. The minimum absolute atomic E-state index is 0.539. The lowest BCUT2D eigenvalue weighted by Gasteiger charge is -2.18. The van der Waals surface area contributed by atoms with E-state index in [2.05, 4.69) is 182 Å². The molecule has 0 radical (unpaired) electrons. The monoisotopic (exact) mass is 838 g/mol. The van der Waals surface area contributed by atoms with E-state index in [1.165, 1.54) is 37.7 Å². The van der Waals surface area contributed by atoms with Crippen LogP contribution in [0.25, 0.3) is 122 Å². The SMILES string of the molecule is N#Cc1cccc(-c2ccccc2-c2nc(-c3ccccc3)nc(-c3ccccc3-c3cc4ccccc4c4ccccc34)n2)c1-c1cccc(-c2cc3ccccc3c3ccccc23)c1. The summed E-state index contributed by atoms with van der Waals surface area (Å²) in [4.78, 5) is 15.9. The van der Waals surface area contributed by atoms with Crippen LogP contribution < -0.4 is 0 Å². The van der Waals surface area contributed by atoms with Crippen molar-refractivity contribution in [2.45, 2.75) is 0 Å². The van der Waals surface area contributed by atoms with Crippen LogP contribution in [0.5, 0.6) is 0 Å². The molecule has 1 aromatic heterocycles. The van der Waals surface area contributed by atoms with E-state index in [9.17, 15) is 5.26 Å². The number of nitriles is 1. The van der Waals surface area contributed by atoms with Crippen LogP contribution >= 0.6 is 0 Å². The Balaban J connectivity index is 1.05. The van der Waals surface area contributed by atoms with Crippen molar-refractivity contribution in [3.05, 3.63) is 236 Å².